The van der Waals surface area contributed by atoms with Crippen molar-refractivity contribution in [1.82, 2.24) is 9.80 Å². The van der Waals surface area contributed by atoms with Crippen LogP contribution in [0.5, 0.6) is 0 Å². The maximum Gasteiger partial charge on any atom is 0.261 e. The summed E-state index contributed by atoms with van der Waals surface area (Å²) in [6.07, 6.45) is 2.44. The highest BCUT2D eigenvalue weighted by atomic mass is 35.5. The molecule has 2 aliphatic heterocycles. The Balaban J connectivity index is 0.000000347. The van der Waals surface area contributed by atoms with Gasteiger partial charge >= 0.3 is 0 Å². The summed E-state index contributed by atoms with van der Waals surface area (Å²) in [5, 5.41) is 1.49. The van der Waals surface area contributed by atoms with Gasteiger partial charge in [0.15, 0.2) is 0 Å². The molecule has 1 atom stereocenters. The number of benzene rings is 2. The first-order valence-corrected chi connectivity index (χ1v) is 15.4. The van der Waals surface area contributed by atoms with Gasteiger partial charge in [-0.2, -0.15) is 16.8 Å². The molecule has 2 aromatic carbocycles. The van der Waals surface area contributed by atoms with Crippen molar-refractivity contribution in [2.75, 3.05) is 45.7 Å². The van der Waals surface area contributed by atoms with Crippen molar-refractivity contribution < 1.29 is 25.9 Å². The quantitative estimate of drug-likeness (QED) is 0.490. The molecule has 2 aliphatic rings. The largest absolute Gasteiger partial charge is 0.304 e. The summed E-state index contributed by atoms with van der Waals surface area (Å²) < 4.78 is 51.7. The van der Waals surface area contributed by atoms with E-state index in [0.29, 0.717) is 18.6 Å². The number of hydrogen-bond donors (Lipinski definition) is 2. The van der Waals surface area contributed by atoms with Gasteiger partial charge in [-0.1, -0.05) is 53.2 Å². The van der Waals surface area contributed by atoms with Crippen molar-refractivity contribution in [2.45, 2.75) is 22.3 Å². The molecule has 8 nitrogen and oxygen atoms in total. The number of rotatable bonds is 1. The molecular weight excluding hydrogens is 543 g/mol. The molecule has 2 heterocycles. The van der Waals surface area contributed by atoms with Gasteiger partial charge in [0.1, 0.15) is 0 Å². The molecule has 13 heteroatoms. The lowest BCUT2D eigenvalue weighted by molar-refractivity contribution is 0.110. The van der Waals surface area contributed by atoms with Gasteiger partial charge in [-0.05, 0) is 42.8 Å². The van der Waals surface area contributed by atoms with Crippen LogP contribution in [0.2, 0.25) is 10.0 Å². The number of nitrogens with zero attached hydrogens (tertiary/aromatic N) is 2. The lowest BCUT2D eigenvalue weighted by atomic mass is 9.96. The second-order valence-corrected chi connectivity index (χ2v) is 12.9. The summed E-state index contributed by atoms with van der Waals surface area (Å²) in [5.41, 5.74) is 2.67. The van der Waals surface area contributed by atoms with E-state index in [2.05, 4.69) is 47.2 Å². The van der Waals surface area contributed by atoms with Crippen LogP contribution in [0, 0.1) is 0 Å². The highest BCUT2D eigenvalue weighted by Gasteiger charge is 2.30. The van der Waals surface area contributed by atoms with Gasteiger partial charge in [-0.15, -0.1) is 0 Å². The number of likely N-dealkylation sites (N-methyl/N-ethyl adjacent to an activating group) is 1. The summed E-state index contributed by atoms with van der Waals surface area (Å²) in [7, 11) is -5.14. The second-order valence-electron chi connectivity index (χ2n) is 8.04. The molecule has 0 spiro atoms. The summed E-state index contributed by atoms with van der Waals surface area (Å²) in [6, 6.07) is 13.0. The third-order valence-corrected chi connectivity index (χ3v) is 6.88. The zero-order chi connectivity index (χ0) is 25.7. The Morgan fingerprint density at radius 2 is 1.47 bits per heavy atom. The summed E-state index contributed by atoms with van der Waals surface area (Å²) in [5.74, 6) is 0. The first-order chi connectivity index (χ1) is 15.6. The van der Waals surface area contributed by atoms with Crippen molar-refractivity contribution in [1.29, 1.82) is 0 Å². The lowest BCUT2D eigenvalue weighted by Gasteiger charge is -2.38. The molecule has 0 aliphatic carbocycles. The Labute approximate surface area is 215 Å². The predicted octanol–water partition coefficient (Wildman–Crippen LogP) is 4.00. The van der Waals surface area contributed by atoms with E-state index in [-0.39, 0.29) is 0 Å². The molecular formula is C21H28Cl2N2O6S3. The van der Waals surface area contributed by atoms with Crippen LogP contribution in [0.15, 0.2) is 46.2 Å². The first kappa shape index (κ1) is 29.3. The van der Waals surface area contributed by atoms with Gasteiger partial charge in [0, 0.05) is 47.0 Å². The lowest BCUT2D eigenvalue weighted by Crippen LogP contribution is -2.46. The van der Waals surface area contributed by atoms with Crippen LogP contribution in [0.3, 0.4) is 0 Å². The van der Waals surface area contributed by atoms with Crippen molar-refractivity contribution in [2.24, 2.45) is 0 Å². The van der Waals surface area contributed by atoms with E-state index in [0.717, 1.165) is 47.5 Å². The highest BCUT2D eigenvalue weighted by molar-refractivity contribution is 7.99. The average molecular weight is 572 g/mol. The zero-order valence-corrected chi connectivity index (χ0v) is 22.9. The number of hydrogen-bond acceptors (Lipinski definition) is 7. The van der Waals surface area contributed by atoms with Gasteiger partial charge in [0.05, 0.1) is 17.5 Å². The topological polar surface area (TPSA) is 115 Å². The molecule has 0 saturated carbocycles. The third-order valence-electron chi connectivity index (χ3n) is 4.97. The Hall–Kier alpha value is -0.890. The number of fused-ring (bicyclic) bond motifs is 2. The maximum absolute atomic E-state index is 9.19. The van der Waals surface area contributed by atoms with Crippen molar-refractivity contribution in [3.8, 4) is 0 Å². The molecule has 190 valence electrons. The zero-order valence-electron chi connectivity index (χ0n) is 19.0. The van der Waals surface area contributed by atoms with E-state index < -0.39 is 20.2 Å². The summed E-state index contributed by atoms with van der Waals surface area (Å²) in [6.45, 7) is 4.37. The molecule has 4 rings (SSSR count). The van der Waals surface area contributed by atoms with Crippen LogP contribution in [0.4, 0.5) is 0 Å². The molecule has 0 bridgehead atoms. The number of halogens is 2. The first-order valence-electron chi connectivity index (χ1n) is 10.1. The maximum atomic E-state index is 9.19. The minimum atomic E-state index is -3.67. The molecule has 0 amide bonds. The smallest absolute Gasteiger partial charge is 0.261 e. The molecule has 1 unspecified atom stereocenters. The van der Waals surface area contributed by atoms with Crippen LogP contribution in [0.1, 0.15) is 17.2 Å². The number of piperazine rings is 1. The van der Waals surface area contributed by atoms with E-state index >= 15 is 0 Å². The fraction of sp³-hybridized carbons (Fsp3) is 0.429. The third kappa shape index (κ3) is 10.4. The fourth-order valence-corrected chi connectivity index (χ4v) is 5.34. The second kappa shape index (κ2) is 12.4. The van der Waals surface area contributed by atoms with Crippen LogP contribution in [-0.4, -0.2) is 81.5 Å². The van der Waals surface area contributed by atoms with Crippen molar-refractivity contribution in [3.63, 3.8) is 0 Å². The van der Waals surface area contributed by atoms with E-state index in [9.17, 15) is 16.8 Å². The Kier molecular flexibility index (Phi) is 10.7. The fourth-order valence-electron chi connectivity index (χ4n) is 3.60. The van der Waals surface area contributed by atoms with Crippen LogP contribution in [-0.2, 0) is 26.7 Å². The molecule has 0 radical (unpaired) electrons. The van der Waals surface area contributed by atoms with Crippen LogP contribution < -0.4 is 0 Å². The predicted molar refractivity (Wildman–Crippen MR) is 137 cm³/mol. The SMILES string of the molecule is CN1CCN(C2Cc3ccccc3Sc3c(Cl)cc(Cl)cc32)CC1.CS(=O)(=O)O.CS(=O)(=O)O. The minimum absolute atomic E-state index is 0.334. The molecule has 0 aromatic heterocycles. The van der Waals surface area contributed by atoms with Crippen molar-refractivity contribution in [3.05, 3.63) is 57.6 Å². The summed E-state index contributed by atoms with van der Waals surface area (Å²) in [4.78, 5) is 7.45. The monoisotopic (exact) mass is 570 g/mol. The van der Waals surface area contributed by atoms with Gasteiger partial charge in [0.2, 0.25) is 0 Å². The Morgan fingerprint density at radius 3 is 2.03 bits per heavy atom. The molecule has 1 fully saturated rings. The van der Waals surface area contributed by atoms with Gasteiger partial charge < -0.3 is 4.90 Å². The molecule has 1 saturated heterocycles. The van der Waals surface area contributed by atoms with Crippen LogP contribution in [0.25, 0.3) is 0 Å². The Morgan fingerprint density at radius 1 is 0.941 bits per heavy atom. The van der Waals surface area contributed by atoms with E-state index in [4.69, 9.17) is 32.3 Å². The Bertz CT molecular complexity index is 1150. The minimum Gasteiger partial charge on any atom is -0.304 e. The van der Waals surface area contributed by atoms with E-state index in [1.807, 2.05) is 6.07 Å². The van der Waals surface area contributed by atoms with Gasteiger partial charge in [0.25, 0.3) is 20.2 Å². The van der Waals surface area contributed by atoms with Gasteiger partial charge in [-0.25, -0.2) is 0 Å². The molecule has 2 aromatic rings. The van der Waals surface area contributed by atoms with Gasteiger partial charge in [-0.3, -0.25) is 14.0 Å². The van der Waals surface area contributed by atoms with Crippen LogP contribution >= 0.6 is 35.0 Å². The molecule has 2 N–H and O–H groups in total. The standard InChI is InChI=1S/C19H20Cl2N2S.2CH4O3S/c1-22-6-8-23(9-7-22)17-10-13-4-2-3-5-18(13)24-19-15(17)11-14(20)12-16(19)21;2*1-5(2,3)4/h2-5,11-12,17H,6-10H2,1H3;2*1H3,(H,2,3,4). The van der Waals surface area contributed by atoms with Crippen molar-refractivity contribution >= 4 is 55.2 Å². The highest BCUT2D eigenvalue weighted by Crippen LogP contribution is 2.47. The average Bonchev–Trinajstić information content (AvgIpc) is 2.83. The normalized spacial score (nSPS) is 18.9. The van der Waals surface area contributed by atoms with E-state index in [1.54, 1.807) is 11.8 Å². The molecule has 34 heavy (non-hydrogen) atoms. The van der Waals surface area contributed by atoms with E-state index in [1.165, 1.54) is 16.0 Å². The summed E-state index contributed by atoms with van der Waals surface area (Å²) >= 11 is 14.7.